The van der Waals surface area contributed by atoms with E-state index < -0.39 is 10.8 Å². The van der Waals surface area contributed by atoms with Crippen molar-refractivity contribution in [2.24, 2.45) is 0 Å². The minimum Gasteiger partial charge on any atom is -0.353 e. The number of nitriles is 1. The quantitative estimate of drug-likeness (QED) is 0.245. The summed E-state index contributed by atoms with van der Waals surface area (Å²) < 4.78 is 0. The van der Waals surface area contributed by atoms with Crippen molar-refractivity contribution >= 4 is 52.0 Å². The first-order valence-electron chi connectivity index (χ1n) is 11.5. The maximum absolute atomic E-state index is 13.5. The van der Waals surface area contributed by atoms with E-state index in [0.717, 1.165) is 22.2 Å². The van der Waals surface area contributed by atoms with Crippen molar-refractivity contribution < 1.29 is 14.5 Å². The Kier molecular flexibility index (Phi) is 8.25. The normalized spacial score (nSPS) is 14.9. The Hall–Kier alpha value is -4.40. The highest BCUT2D eigenvalue weighted by atomic mass is 32.2. The van der Waals surface area contributed by atoms with Crippen LogP contribution in [-0.4, -0.2) is 22.5 Å². The number of allylic oxidation sites excluding steroid dienone is 2. The summed E-state index contributed by atoms with van der Waals surface area (Å²) in [5, 5.41) is 32.2. The standard InChI is InChI=1S/C27H23N5O4S2/c1-16-6-3-4-7-21(16)31-26(34)24-17(2)29-27(20(14-28)25(24)22-8-5-13-37-22)38-15-23(33)30-18-9-11-19(12-10-18)32(35)36/h3-13,25,29H,15H2,1-2H3,(H,30,33)(H,31,34). The van der Waals surface area contributed by atoms with E-state index in [2.05, 4.69) is 22.0 Å². The number of para-hydroxylation sites is 1. The van der Waals surface area contributed by atoms with Crippen LogP contribution in [0, 0.1) is 28.4 Å². The molecule has 0 fully saturated rings. The second kappa shape index (κ2) is 11.8. The molecule has 38 heavy (non-hydrogen) atoms. The number of non-ortho nitro benzene ring substituents is 1. The van der Waals surface area contributed by atoms with Crippen molar-refractivity contribution in [3.05, 3.63) is 108 Å². The highest BCUT2D eigenvalue weighted by Gasteiger charge is 2.35. The molecule has 9 nitrogen and oxygen atoms in total. The molecule has 2 heterocycles. The molecule has 0 spiro atoms. The van der Waals surface area contributed by atoms with Gasteiger partial charge in [-0.1, -0.05) is 36.0 Å². The Bertz CT molecular complexity index is 1490. The van der Waals surface area contributed by atoms with Gasteiger partial charge in [0.15, 0.2) is 0 Å². The summed E-state index contributed by atoms with van der Waals surface area (Å²) in [6, 6.07) is 19.0. The maximum atomic E-state index is 13.5. The third kappa shape index (κ3) is 5.94. The molecule has 2 amide bonds. The number of hydrogen-bond donors (Lipinski definition) is 3. The number of thiophene rings is 1. The van der Waals surface area contributed by atoms with Crippen LogP contribution in [0.3, 0.4) is 0 Å². The van der Waals surface area contributed by atoms with Crippen LogP contribution in [0.25, 0.3) is 0 Å². The molecule has 3 aromatic rings. The lowest BCUT2D eigenvalue weighted by Crippen LogP contribution is -2.31. The van der Waals surface area contributed by atoms with Gasteiger partial charge in [-0.05, 0) is 49.1 Å². The zero-order valence-corrected chi connectivity index (χ0v) is 22.1. The van der Waals surface area contributed by atoms with Gasteiger partial charge < -0.3 is 16.0 Å². The van der Waals surface area contributed by atoms with E-state index >= 15 is 0 Å². The molecule has 192 valence electrons. The smallest absolute Gasteiger partial charge is 0.269 e. The van der Waals surface area contributed by atoms with E-state index in [-0.39, 0.29) is 23.3 Å². The van der Waals surface area contributed by atoms with Crippen LogP contribution >= 0.6 is 23.1 Å². The monoisotopic (exact) mass is 545 g/mol. The lowest BCUT2D eigenvalue weighted by atomic mass is 9.86. The van der Waals surface area contributed by atoms with E-state index in [4.69, 9.17) is 0 Å². The molecule has 1 aliphatic heterocycles. The lowest BCUT2D eigenvalue weighted by molar-refractivity contribution is -0.384. The minimum atomic E-state index is -0.592. The molecule has 2 aromatic carbocycles. The molecule has 1 aliphatic rings. The molecule has 0 bridgehead atoms. The first kappa shape index (κ1) is 26.7. The molecule has 3 N–H and O–H groups in total. The van der Waals surface area contributed by atoms with Crippen LogP contribution in [0.4, 0.5) is 17.1 Å². The van der Waals surface area contributed by atoms with Crippen LogP contribution in [0.15, 0.2) is 87.9 Å². The molecule has 0 saturated heterocycles. The van der Waals surface area contributed by atoms with E-state index in [1.807, 2.05) is 48.7 Å². The van der Waals surface area contributed by atoms with Crippen molar-refractivity contribution in [1.29, 1.82) is 5.26 Å². The maximum Gasteiger partial charge on any atom is 0.269 e. The van der Waals surface area contributed by atoms with Crippen LogP contribution in [0.1, 0.15) is 23.3 Å². The Labute approximate surface area is 227 Å². The Morgan fingerprint density at radius 1 is 1.11 bits per heavy atom. The van der Waals surface area contributed by atoms with Crippen molar-refractivity contribution in [1.82, 2.24) is 5.32 Å². The molecule has 11 heteroatoms. The Morgan fingerprint density at radius 3 is 2.47 bits per heavy atom. The van der Waals surface area contributed by atoms with Gasteiger partial charge in [-0.2, -0.15) is 5.26 Å². The second-order valence-electron chi connectivity index (χ2n) is 8.38. The molecule has 0 aliphatic carbocycles. The number of nitrogens with zero attached hydrogens (tertiary/aromatic N) is 2. The van der Waals surface area contributed by atoms with Crippen LogP contribution in [0.5, 0.6) is 0 Å². The number of carbonyl (C=O) groups excluding carboxylic acids is 2. The van der Waals surface area contributed by atoms with E-state index in [9.17, 15) is 25.0 Å². The summed E-state index contributed by atoms with van der Waals surface area (Å²) in [4.78, 5) is 37.2. The first-order chi connectivity index (χ1) is 18.3. The summed E-state index contributed by atoms with van der Waals surface area (Å²) >= 11 is 2.60. The van der Waals surface area contributed by atoms with Gasteiger partial charge in [-0.25, -0.2) is 0 Å². The largest absolute Gasteiger partial charge is 0.353 e. The van der Waals surface area contributed by atoms with Gasteiger partial charge in [0.25, 0.3) is 11.6 Å². The van der Waals surface area contributed by atoms with Crippen LogP contribution < -0.4 is 16.0 Å². The lowest BCUT2D eigenvalue weighted by Gasteiger charge is -2.29. The fourth-order valence-electron chi connectivity index (χ4n) is 3.97. The van der Waals surface area contributed by atoms with Crippen LogP contribution in [-0.2, 0) is 9.59 Å². The molecule has 1 aromatic heterocycles. The average molecular weight is 546 g/mol. The predicted octanol–water partition coefficient (Wildman–Crippen LogP) is 5.67. The number of benzene rings is 2. The molecule has 0 saturated carbocycles. The zero-order chi connectivity index (χ0) is 27.2. The Morgan fingerprint density at radius 2 is 1.84 bits per heavy atom. The number of dihydropyridines is 1. The van der Waals surface area contributed by atoms with E-state index in [1.54, 1.807) is 6.92 Å². The molecule has 1 atom stereocenters. The van der Waals surface area contributed by atoms with Crippen molar-refractivity contribution in [2.75, 3.05) is 16.4 Å². The number of amides is 2. The number of anilines is 2. The van der Waals surface area contributed by atoms with Gasteiger partial charge >= 0.3 is 0 Å². The number of aryl methyl sites for hydroxylation is 1. The molecule has 1 unspecified atom stereocenters. The third-order valence-electron chi connectivity index (χ3n) is 5.82. The second-order valence-corrected chi connectivity index (χ2v) is 10.3. The summed E-state index contributed by atoms with van der Waals surface area (Å²) in [6.07, 6.45) is 0. The van der Waals surface area contributed by atoms with Crippen LogP contribution in [0.2, 0.25) is 0 Å². The summed E-state index contributed by atoms with van der Waals surface area (Å²) in [7, 11) is 0. The first-order valence-corrected chi connectivity index (χ1v) is 13.3. The minimum absolute atomic E-state index is 0.0142. The van der Waals surface area contributed by atoms with Gasteiger partial charge in [0.1, 0.15) is 0 Å². The molecular weight excluding hydrogens is 522 g/mol. The van der Waals surface area contributed by atoms with Crippen molar-refractivity contribution in [3.63, 3.8) is 0 Å². The number of nitrogens with one attached hydrogen (secondary N) is 3. The predicted molar refractivity (Wildman–Crippen MR) is 150 cm³/mol. The Balaban J connectivity index is 1.55. The van der Waals surface area contributed by atoms with Gasteiger partial charge in [0.05, 0.1) is 33.3 Å². The topological polar surface area (TPSA) is 137 Å². The third-order valence-corrected chi connectivity index (χ3v) is 7.78. The average Bonchev–Trinajstić information content (AvgIpc) is 3.43. The van der Waals surface area contributed by atoms with E-state index in [0.29, 0.717) is 33.2 Å². The number of carbonyl (C=O) groups is 2. The molecule has 4 rings (SSSR count). The van der Waals surface area contributed by atoms with E-state index in [1.165, 1.54) is 35.6 Å². The number of thioether (sulfide) groups is 1. The number of hydrogen-bond acceptors (Lipinski definition) is 8. The number of nitro benzene ring substituents is 1. The number of nitro groups is 1. The highest BCUT2D eigenvalue weighted by molar-refractivity contribution is 8.03. The fraction of sp³-hybridized carbons (Fsp3) is 0.148. The van der Waals surface area contributed by atoms with Crippen molar-refractivity contribution in [3.8, 4) is 6.07 Å². The van der Waals surface area contributed by atoms with Crippen molar-refractivity contribution in [2.45, 2.75) is 19.8 Å². The number of rotatable bonds is 8. The van der Waals surface area contributed by atoms with Gasteiger partial charge in [0.2, 0.25) is 5.91 Å². The summed E-state index contributed by atoms with van der Waals surface area (Å²) in [5.41, 5.74) is 3.33. The fourth-order valence-corrected chi connectivity index (χ4v) is 5.71. The van der Waals surface area contributed by atoms with Gasteiger partial charge in [-0.15, -0.1) is 11.3 Å². The molecule has 0 radical (unpaired) electrons. The zero-order valence-electron chi connectivity index (χ0n) is 20.5. The molecular formula is C27H23N5O4S2. The summed E-state index contributed by atoms with van der Waals surface area (Å²) in [6.45, 7) is 3.68. The van der Waals surface area contributed by atoms with Gasteiger partial charge in [-0.3, -0.25) is 19.7 Å². The van der Waals surface area contributed by atoms with Gasteiger partial charge in [0, 0.05) is 39.7 Å². The summed E-state index contributed by atoms with van der Waals surface area (Å²) in [5.74, 6) is -1.26. The highest BCUT2D eigenvalue weighted by Crippen LogP contribution is 2.42. The SMILES string of the molecule is CC1=C(C(=O)Nc2ccccc2C)C(c2cccs2)C(C#N)=C(SCC(=O)Nc2ccc([N+](=O)[O-])cc2)N1.